The third-order valence-electron chi connectivity index (χ3n) is 4.66. The fraction of sp³-hybridized carbons (Fsp3) is 0. The maximum Gasteiger partial charge on any atom is 0.339 e. The van der Waals surface area contributed by atoms with Gasteiger partial charge in [0.1, 0.15) is 21.4 Å². The fourth-order valence-electron chi connectivity index (χ4n) is 3.04. The maximum absolute atomic E-state index is 13.3. The molecular weight excluding hydrogens is 486 g/mol. The first-order valence-corrected chi connectivity index (χ1v) is 12.6. The molecule has 0 atom stereocenters. The molecule has 10 heteroatoms. The number of hydrogen-bond donors (Lipinski definition) is 0. The number of hydrogen-bond acceptors (Lipinski definition) is 6. The van der Waals surface area contributed by atoms with E-state index in [1.807, 2.05) is 0 Å². The van der Waals surface area contributed by atoms with Gasteiger partial charge in [-0.3, -0.25) is 0 Å². The molecule has 0 saturated carbocycles. The van der Waals surface area contributed by atoms with E-state index in [0.717, 1.165) is 48.5 Å². The molecule has 4 rings (SSSR count). The third-order valence-corrected chi connectivity index (χ3v) is 7.14. The maximum atomic E-state index is 13.3. The summed E-state index contributed by atoms with van der Waals surface area (Å²) < 4.78 is 88.5. The van der Waals surface area contributed by atoms with E-state index in [4.69, 9.17) is 8.37 Å². The number of para-hydroxylation sites is 1. The van der Waals surface area contributed by atoms with Crippen LogP contribution in [-0.2, 0) is 20.2 Å². The Kier molecular flexibility index (Phi) is 6.36. The SMILES string of the molecule is O=S(=O)(Oc1cccc(-c2ccccc2)c1OS(=O)(=O)c1ccc(F)cc1)c1ccc(F)cc1. The summed E-state index contributed by atoms with van der Waals surface area (Å²) in [6.45, 7) is 0. The van der Waals surface area contributed by atoms with Crippen molar-refractivity contribution in [2.75, 3.05) is 0 Å². The Bertz CT molecular complexity index is 1520. The summed E-state index contributed by atoms with van der Waals surface area (Å²) in [7, 11) is -8.97. The molecule has 6 nitrogen and oxygen atoms in total. The van der Waals surface area contributed by atoms with E-state index >= 15 is 0 Å². The predicted molar refractivity (Wildman–Crippen MR) is 120 cm³/mol. The van der Waals surface area contributed by atoms with Crippen LogP contribution in [0.2, 0.25) is 0 Å². The Morgan fingerprint density at radius 3 is 1.56 bits per heavy atom. The molecule has 0 fully saturated rings. The third kappa shape index (κ3) is 5.08. The van der Waals surface area contributed by atoms with Crippen molar-refractivity contribution < 1.29 is 34.0 Å². The Morgan fingerprint density at radius 2 is 1.03 bits per heavy atom. The number of halogens is 2. The normalized spacial score (nSPS) is 11.7. The molecular formula is C24H16F2O6S2. The molecule has 0 bridgehead atoms. The summed E-state index contributed by atoms with van der Waals surface area (Å²) >= 11 is 0. The summed E-state index contributed by atoms with van der Waals surface area (Å²) in [5.41, 5.74) is 0.759. The molecule has 0 radical (unpaired) electrons. The van der Waals surface area contributed by atoms with E-state index in [1.165, 1.54) is 18.2 Å². The Hall–Kier alpha value is -3.76. The van der Waals surface area contributed by atoms with Gasteiger partial charge in [-0.1, -0.05) is 42.5 Å². The molecule has 0 aliphatic heterocycles. The second kappa shape index (κ2) is 9.24. The van der Waals surface area contributed by atoms with Gasteiger partial charge in [0, 0.05) is 5.56 Å². The number of rotatable bonds is 7. The van der Waals surface area contributed by atoms with E-state index < -0.39 is 37.6 Å². The van der Waals surface area contributed by atoms with Crippen LogP contribution in [0.4, 0.5) is 8.78 Å². The fourth-order valence-corrected chi connectivity index (χ4v) is 4.93. The Balaban J connectivity index is 1.82. The molecule has 4 aromatic carbocycles. The lowest BCUT2D eigenvalue weighted by atomic mass is 10.0. The molecule has 0 unspecified atom stereocenters. The topological polar surface area (TPSA) is 86.7 Å². The van der Waals surface area contributed by atoms with Crippen molar-refractivity contribution in [2.45, 2.75) is 9.79 Å². The first-order chi connectivity index (χ1) is 16.2. The summed E-state index contributed by atoms with van der Waals surface area (Å²) in [5, 5.41) is 0. The van der Waals surface area contributed by atoms with Crippen molar-refractivity contribution in [1.82, 2.24) is 0 Å². The predicted octanol–water partition coefficient (Wildman–Crippen LogP) is 5.17. The van der Waals surface area contributed by atoms with Gasteiger partial charge < -0.3 is 8.37 Å². The standard InChI is InChI=1S/C24H16F2O6S2/c25-18-9-13-20(14-10-18)33(27,28)31-23-8-4-7-22(17-5-2-1-3-6-17)24(23)32-34(29,30)21-15-11-19(26)12-16-21/h1-16H. The first-order valence-electron chi connectivity index (χ1n) is 9.74. The first kappa shape index (κ1) is 23.4. The highest BCUT2D eigenvalue weighted by atomic mass is 32.2. The van der Waals surface area contributed by atoms with Crippen molar-refractivity contribution in [3.63, 3.8) is 0 Å². The van der Waals surface area contributed by atoms with Crippen LogP contribution < -0.4 is 8.37 Å². The minimum atomic E-state index is -4.50. The van der Waals surface area contributed by atoms with Crippen molar-refractivity contribution in [3.8, 4) is 22.6 Å². The van der Waals surface area contributed by atoms with E-state index in [1.54, 1.807) is 30.3 Å². The zero-order valence-corrected chi connectivity index (χ0v) is 18.9. The lowest BCUT2D eigenvalue weighted by Gasteiger charge is -2.16. The molecule has 0 aliphatic rings. The lowest BCUT2D eigenvalue weighted by molar-refractivity contribution is 0.450. The van der Waals surface area contributed by atoms with Gasteiger partial charge in [0.25, 0.3) is 0 Å². The van der Waals surface area contributed by atoms with Crippen LogP contribution in [-0.4, -0.2) is 16.8 Å². The smallest absolute Gasteiger partial charge is 0.339 e. The summed E-state index contributed by atoms with van der Waals surface area (Å²) in [6.07, 6.45) is 0. The van der Waals surface area contributed by atoms with Gasteiger partial charge >= 0.3 is 20.2 Å². The minimum absolute atomic E-state index is 0.234. The molecule has 0 amide bonds. The van der Waals surface area contributed by atoms with E-state index in [-0.39, 0.29) is 21.1 Å². The van der Waals surface area contributed by atoms with Gasteiger partial charge in [-0.25, -0.2) is 8.78 Å². The highest BCUT2D eigenvalue weighted by Gasteiger charge is 2.26. The molecule has 0 spiro atoms. The van der Waals surface area contributed by atoms with Gasteiger partial charge in [0.15, 0.2) is 11.5 Å². The monoisotopic (exact) mass is 502 g/mol. The summed E-state index contributed by atoms with van der Waals surface area (Å²) in [5.74, 6) is -2.07. The zero-order valence-electron chi connectivity index (χ0n) is 17.3. The van der Waals surface area contributed by atoms with Gasteiger partial charge in [-0.05, 0) is 60.2 Å². The highest BCUT2D eigenvalue weighted by Crippen LogP contribution is 2.41. The largest absolute Gasteiger partial charge is 0.375 e. The van der Waals surface area contributed by atoms with Crippen molar-refractivity contribution >= 4 is 20.2 Å². The van der Waals surface area contributed by atoms with Gasteiger partial charge in [0.2, 0.25) is 0 Å². The molecule has 0 aliphatic carbocycles. The lowest BCUT2D eigenvalue weighted by Crippen LogP contribution is -2.14. The second-order valence-corrected chi connectivity index (χ2v) is 10.1. The summed E-state index contributed by atoms with van der Waals surface area (Å²) in [6, 6.07) is 20.6. The zero-order chi connectivity index (χ0) is 24.3. The van der Waals surface area contributed by atoms with Crippen LogP contribution in [0.15, 0.2) is 107 Å². The number of benzene rings is 4. The molecule has 34 heavy (non-hydrogen) atoms. The molecule has 0 aromatic heterocycles. The van der Waals surface area contributed by atoms with Crippen LogP contribution in [0.1, 0.15) is 0 Å². The molecule has 174 valence electrons. The van der Waals surface area contributed by atoms with Gasteiger partial charge in [0.05, 0.1) is 0 Å². The average molecular weight is 503 g/mol. The van der Waals surface area contributed by atoms with Crippen molar-refractivity contribution in [2.24, 2.45) is 0 Å². The highest BCUT2D eigenvalue weighted by molar-refractivity contribution is 7.87. The van der Waals surface area contributed by atoms with E-state index in [2.05, 4.69) is 0 Å². The second-order valence-electron chi connectivity index (χ2n) is 6.98. The minimum Gasteiger partial charge on any atom is -0.375 e. The molecule has 0 saturated heterocycles. The van der Waals surface area contributed by atoms with Crippen LogP contribution in [0.3, 0.4) is 0 Å². The van der Waals surface area contributed by atoms with Gasteiger partial charge in [-0.15, -0.1) is 0 Å². The van der Waals surface area contributed by atoms with Crippen LogP contribution >= 0.6 is 0 Å². The van der Waals surface area contributed by atoms with Crippen LogP contribution in [0.25, 0.3) is 11.1 Å². The van der Waals surface area contributed by atoms with Crippen LogP contribution in [0, 0.1) is 11.6 Å². The molecule has 0 heterocycles. The van der Waals surface area contributed by atoms with Gasteiger partial charge in [-0.2, -0.15) is 16.8 Å². The van der Waals surface area contributed by atoms with E-state index in [9.17, 15) is 25.6 Å². The molecule has 4 aromatic rings. The Morgan fingerprint density at radius 1 is 0.529 bits per heavy atom. The van der Waals surface area contributed by atoms with Crippen molar-refractivity contribution in [3.05, 3.63) is 109 Å². The van der Waals surface area contributed by atoms with Crippen LogP contribution in [0.5, 0.6) is 11.5 Å². The molecule has 0 N–H and O–H groups in total. The van der Waals surface area contributed by atoms with E-state index in [0.29, 0.717) is 5.56 Å². The summed E-state index contributed by atoms with van der Waals surface area (Å²) in [4.78, 5) is -0.685. The average Bonchev–Trinajstić information content (AvgIpc) is 2.81. The quantitative estimate of drug-likeness (QED) is 0.324. The Labute approximate surface area is 195 Å². The van der Waals surface area contributed by atoms with Crippen molar-refractivity contribution in [1.29, 1.82) is 0 Å².